The van der Waals surface area contributed by atoms with Crippen molar-refractivity contribution < 1.29 is 17.7 Å². The second-order valence-corrected chi connectivity index (χ2v) is 8.29. The van der Waals surface area contributed by atoms with Crippen LogP contribution in [0, 0.1) is 0 Å². The highest BCUT2D eigenvalue weighted by Gasteiger charge is 2.28. The molecule has 2 aromatic heterocycles. The summed E-state index contributed by atoms with van der Waals surface area (Å²) in [5.41, 5.74) is 0. The Hall–Kier alpha value is -2.27. The molecule has 142 valence electrons. The van der Waals surface area contributed by atoms with E-state index < -0.39 is 10.0 Å². The lowest BCUT2D eigenvalue weighted by molar-refractivity contribution is -0.121. The molecule has 1 fully saturated rings. The van der Waals surface area contributed by atoms with Gasteiger partial charge in [0.05, 0.1) is 19.1 Å². The third-order valence-corrected chi connectivity index (χ3v) is 5.67. The number of nitrogens with one attached hydrogen (secondary N) is 1. The highest BCUT2D eigenvalue weighted by molar-refractivity contribution is 7.88. The number of hydrogen-bond donors (Lipinski definition) is 1. The molecule has 0 unspecified atom stereocenters. The standard InChI is InChI=1S/C15H22N6O4S/c1-26(23,24)21-7-2-12(3-8-21)15-18-14(25-19-15)10-17-13(22)4-6-20-9-5-16-11-20/h5,9,11-12H,2-4,6-8,10H2,1H3,(H,17,22). The molecule has 11 heteroatoms. The van der Waals surface area contributed by atoms with Crippen molar-refractivity contribution in [1.29, 1.82) is 0 Å². The maximum atomic E-state index is 11.9. The fraction of sp³-hybridized carbons (Fsp3) is 0.600. The van der Waals surface area contributed by atoms with Crippen LogP contribution in [0.15, 0.2) is 23.2 Å². The van der Waals surface area contributed by atoms with E-state index in [9.17, 15) is 13.2 Å². The predicted octanol–water partition coefficient (Wildman–Crippen LogP) is 0.112. The van der Waals surface area contributed by atoms with Gasteiger partial charge in [-0.1, -0.05) is 5.16 Å². The summed E-state index contributed by atoms with van der Waals surface area (Å²) in [6, 6.07) is 0. The molecule has 0 spiro atoms. The number of carbonyl (C=O) groups excluding carboxylic acids is 1. The molecule has 0 aliphatic carbocycles. The summed E-state index contributed by atoms with van der Waals surface area (Å²) in [6.45, 7) is 1.65. The third kappa shape index (κ3) is 4.88. The van der Waals surface area contributed by atoms with Gasteiger partial charge < -0.3 is 14.4 Å². The van der Waals surface area contributed by atoms with Gasteiger partial charge in [-0.3, -0.25) is 4.79 Å². The maximum absolute atomic E-state index is 11.9. The number of nitrogens with zero attached hydrogens (tertiary/aromatic N) is 5. The smallest absolute Gasteiger partial charge is 0.246 e. The van der Waals surface area contributed by atoms with Crippen molar-refractivity contribution in [2.24, 2.45) is 0 Å². The average Bonchev–Trinajstić information content (AvgIpc) is 3.29. The van der Waals surface area contributed by atoms with E-state index in [4.69, 9.17) is 4.52 Å². The molecule has 0 bridgehead atoms. The van der Waals surface area contributed by atoms with Gasteiger partial charge >= 0.3 is 0 Å². The van der Waals surface area contributed by atoms with E-state index in [1.54, 1.807) is 18.7 Å². The number of rotatable bonds is 7. The molecule has 2 aromatic rings. The summed E-state index contributed by atoms with van der Waals surface area (Å²) in [7, 11) is -3.15. The zero-order chi connectivity index (χ0) is 18.6. The highest BCUT2D eigenvalue weighted by atomic mass is 32.2. The third-order valence-electron chi connectivity index (χ3n) is 4.36. The molecule has 1 aliphatic heterocycles. The normalized spacial score (nSPS) is 16.7. The molecule has 1 amide bonds. The quantitative estimate of drug-likeness (QED) is 0.721. The summed E-state index contributed by atoms with van der Waals surface area (Å²) in [4.78, 5) is 20.1. The van der Waals surface area contributed by atoms with Crippen LogP contribution < -0.4 is 5.32 Å². The van der Waals surface area contributed by atoms with Crippen molar-refractivity contribution in [3.63, 3.8) is 0 Å². The molecule has 0 saturated carbocycles. The minimum atomic E-state index is -3.15. The number of aryl methyl sites for hydroxylation is 1. The van der Waals surface area contributed by atoms with E-state index in [1.807, 2.05) is 4.57 Å². The second kappa shape index (κ2) is 7.96. The number of hydrogen-bond acceptors (Lipinski definition) is 7. The largest absolute Gasteiger partial charge is 0.347 e. The van der Waals surface area contributed by atoms with Gasteiger partial charge in [0.1, 0.15) is 0 Å². The Morgan fingerprint density at radius 2 is 2.15 bits per heavy atom. The van der Waals surface area contributed by atoms with E-state index in [0.717, 1.165) is 0 Å². The van der Waals surface area contributed by atoms with E-state index >= 15 is 0 Å². The molecular weight excluding hydrogens is 360 g/mol. The van der Waals surface area contributed by atoms with E-state index in [-0.39, 0.29) is 18.4 Å². The molecule has 0 radical (unpaired) electrons. The van der Waals surface area contributed by atoms with Crippen LogP contribution in [0.3, 0.4) is 0 Å². The number of carbonyl (C=O) groups is 1. The molecule has 10 nitrogen and oxygen atoms in total. The Kier molecular flexibility index (Phi) is 5.67. The lowest BCUT2D eigenvalue weighted by atomic mass is 9.98. The van der Waals surface area contributed by atoms with Crippen LogP contribution in [0.2, 0.25) is 0 Å². The number of sulfonamides is 1. The first-order valence-corrected chi connectivity index (χ1v) is 10.3. The zero-order valence-corrected chi connectivity index (χ0v) is 15.4. The van der Waals surface area contributed by atoms with Crippen LogP contribution >= 0.6 is 0 Å². The fourth-order valence-electron chi connectivity index (χ4n) is 2.86. The molecular formula is C15H22N6O4S. The van der Waals surface area contributed by atoms with Crippen LogP contribution in [0.1, 0.15) is 36.9 Å². The molecule has 0 atom stereocenters. The predicted molar refractivity (Wildman–Crippen MR) is 91.4 cm³/mol. The van der Waals surface area contributed by atoms with Crippen LogP contribution in [0.5, 0.6) is 0 Å². The first-order valence-electron chi connectivity index (χ1n) is 8.42. The lowest BCUT2D eigenvalue weighted by Crippen LogP contribution is -2.37. The number of aromatic nitrogens is 4. The van der Waals surface area contributed by atoms with Crippen molar-refractivity contribution in [2.45, 2.75) is 38.3 Å². The second-order valence-electron chi connectivity index (χ2n) is 6.31. The Bertz CT molecular complexity index is 824. The van der Waals surface area contributed by atoms with Gasteiger partial charge in [0.2, 0.25) is 21.8 Å². The summed E-state index contributed by atoms with van der Waals surface area (Å²) < 4.78 is 31.6. The summed E-state index contributed by atoms with van der Waals surface area (Å²) in [5, 5.41) is 6.72. The van der Waals surface area contributed by atoms with Crippen LogP contribution in [-0.2, 0) is 27.9 Å². The molecule has 1 N–H and O–H groups in total. The molecule has 3 rings (SSSR count). The maximum Gasteiger partial charge on any atom is 0.246 e. The number of piperidine rings is 1. The minimum Gasteiger partial charge on any atom is -0.347 e. The number of amides is 1. The van der Waals surface area contributed by atoms with Crippen molar-refractivity contribution in [1.82, 2.24) is 29.3 Å². The van der Waals surface area contributed by atoms with Gasteiger partial charge in [-0.05, 0) is 12.8 Å². The van der Waals surface area contributed by atoms with Crippen LogP contribution in [0.4, 0.5) is 0 Å². The Morgan fingerprint density at radius 1 is 1.38 bits per heavy atom. The number of imidazole rings is 1. The van der Waals surface area contributed by atoms with Gasteiger partial charge in [-0.2, -0.15) is 4.98 Å². The Labute approximate surface area is 151 Å². The summed E-state index contributed by atoms with van der Waals surface area (Å²) in [5.74, 6) is 0.879. The van der Waals surface area contributed by atoms with Gasteiger partial charge in [-0.25, -0.2) is 17.7 Å². The molecule has 3 heterocycles. The first-order chi connectivity index (χ1) is 12.4. The lowest BCUT2D eigenvalue weighted by Gasteiger charge is -2.28. The van der Waals surface area contributed by atoms with Crippen molar-refractivity contribution in [2.75, 3.05) is 19.3 Å². The molecule has 1 saturated heterocycles. The SMILES string of the molecule is CS(=O)(=O)N1CCC(c2noc(CNC(=O)CCn3ccnc3)n2)CC1. The van der Waals surface area contributed by atoms with Crippen molar-refractivity contribution >= 4 is 15.9 Å². The van der Waals surface area contributed by atoms with E-state index in [0.29, 0.717) is 50.6 Å². The van der Waals surface area contributed by atoms with Gasteiger partial charge in [-0.15, -0.1) is 0 Å². The van der Waals surface area contributed by atoms with Crippen molar-refractivity contribution in [3.05, 3.63) is 30.4 Å². The van der Waals surface area contributed by atoms with Crippen molar-refractivity contribution in [3.8, 4) is 0 Å². The van der Waals surface area contributed by atoms with Crippen LogP contribution in [-0.4, -0.2) is 57.7 Å². The van der Waals surface area contributed by atoms with E-state index in [1.165, 1.54) is 10.6 Å². The van der Waals surface area contributed by atoms with Gasteiger partial charge in [0, 0.05) is 44.4 Å². The first kappa shape index (κ1) is 18.5. The zero-order valence-electron chi connectivity index (χ0n) is 14.5. The summed E-state index contributed by atoms with van der Waals surface area (Å²) >= 11 is 0. The molecule has 1 aliphatic rings. The molecule has 26 heavy (non-hydrogen) atoms. The topological polar surface area (TPSA) is 123 Å². The Balaban J connectivity index is 1.44. The highest BCUT2D eigenvalue weighted by Crippen LogP contribution is 2.26. The summed E-state index contributed by atoms with van der Waals surface area (Å²) in [6.07, 6.45) is 7.99. The monoisotopic (exact) mass is 382 g/mol. The fourth-order valence-corrected chi connectivity index (χ4v) is 3.74. The van der Waals surface area contributed by atoms with Crippen LogP contribution in [0.25, 0.3) is 0 Å². The average molecular weight is 382 g/mol. The van der Waals surface area contributed by atoms with Gasteiger partial charge in [0.25, 0.3) is 0 Å². The molecule has 0 aromatic carbocycles. The van der Waals surface area contributed by atoms with Gasteiger partial charge in [0.15, 0.2) is 5.82 Å². The minimum absolute atomic E-state index is 0.0717. The Morgan fingerprint density at radius 3 is 2.81 bits per heavy atom. The van der Waals surface area contributed by atoms with E-state index in [2.05, 4.69) is 20.4 Å².